The molecule has 4 rings (SSSR count). The summed E-state index contributed by atoms with van der Waals surface area (Å²) in [6.07, 6.45) is 1.90. The Bertz CT molecular complexity index is 1110. The molecule has 0 fully saturated rings. The molecule has 0 aliphatic carbocycles. The average molecular weight is 368 g/mol. The van der Waals surface area contributed by atoms with E-state index in [0.717, 1.165) is 34.7 Å². The van der Waals surface area contributed by atoms with E-state index in [1.807, 2.05) is 26.4 Å². The fraction of sp³-hybridized carbons (Fsp3) is 0.167. The Labute approximate surface area is 165 Å². The van der Waals surface area contributed by atoms with E-state index < -0.39 is 0 Å². The minimum Gasteiger partial charge on any atom is -0.378 e. The molecule has 4 heteroatoms. The van der Waals surface area contributed by atoms with Crippen LogP contribution in [0.1, 0.15) is 17.0 Å². The second-order valence-electron chi connectivity index (χ2n) is 7.15. The number of aromatic nitrogens is 2. The first-order valence-electron chi connectivity index (χ1n) is 9.42. The zero-order valence-electron chi connectivity index (χ0n) is 16.5. The van der Waals surface area contributed by atoms with Crippen LogP contribution in [0, 0.1) is 6.92 Å². The van der Waals surface area contributed by atoms with Gasteiger partial charge in [0, 0.05) is 32.5 Å². The van der Waals surface area contributed by atoms with Gasteiger partial charge in [0.2, 0.25) is 0 Å². The monoisotopic (exact) mass is 368 g/mol. The molecular formula is C24H24N4. The predicted molar refractivity (Wildman–Crippen MR) is 118 cm³/mol. The van der Waals surface area contributed by atoms with Gasteiger partial charge in [-0.15, -0.1) is 0 Å². The van der Waals surface area contributed by atoms with Gasteiger partial charge in [-0.25, -0.2) is 4.98 Å². The van der Waals surface area contributed by atoms with Crippen LogP contribution in [0.5, 0.6) is 0 Å². The van der Waals surface area contributed by atoms with Gasteiger partial charge in [0.1, 0.15) is 5.82 Å². The van der Waals surface area contributed by atoms with Crippen molar-refractivity contribution in [2.24, 2.45) is 4.99 Å². The highest BCUT2D eigenvalue weighted by atomic mass is 15.1. The van der Waals surface area contributed by atoms with Crippen LogP contribution in [-0.4, -0.2) is 29.9 Å². The lowest BCUT2D eigenvalue weighted by molar-refractivity contribution is 0.786. The Hall–Kier alpha value is -3.40. The minimum atomic E-state index is 0.823. The minimum absolute atomic E-state index is 0.823. The number of anilines is 1. The number of nitrogens with zero attached hydrogens (tertiary/aromatic N) is 4. The molecule has 0 radical (unpaired) electrons. The molecule has 0 aliphatic rings. The third kappa shape index (κ3) is 3.81. The summed E-state index contributed by atoms with van der Waals surface area (Å²) in [5.41, 5.74) is 6.55. The molecule has 1 heterocycles. The summed E-state index contributed by atoms with van der Waals surface area (Å²) >= 11 is 0. The molecular weight excluding hydrogens is 344 g/mol. The number of aliphatic imine (C=N–C) groups is 1. The van der Waals surface area contributed by atoms with Gasteiger partial charge < -0.3 is 9.47 Å². The lowest BCUT2D eigenvalue weighted by atomic mass is 10.2. The molecule has 0 bridgehead atoms. The third-order valence-electron chi connectivity index (χ3n) is 4.88. The molecule has 4 nitrogen and oxygen atoms in total. The van der Waals surface area contributed by atoms with Crippen LogP contribution in [0.4, 0.5) is 11.4 Å². The first kappa shape index (κ1) is 18.0. The average Bonchev–Trinajstić information content (AvgIpc) is 3.02. The summed E-state index contributed by atoms with van der Waals surface area (Å²) < 4.78 is 2.25. The Morgan fingerprint density at radius 2 is 1.71 bits per heavy atom. The van der Waals surface area contributed by atoms with Gasteiger partial charge in [-0.1, -0.05) is 42.5 Å². The lowest BCUT2D eigenvalue weighted by Gasteiger charge is -2.11. The topological polar surface area (TPSA) is 33.4 Å². The van der Waals surface area contributed by atoms with Crippen molar-refractivity contribution >= 4 is 28.6 Å². The van der Waals surface area contributed by atoms with Crippen molar-refractivity contribution in [3.63, 3.8) is 0 Å². The van der Waals surface area contributed by atoms with Gasteiger partial charge in [-0.05, 0) is 48.4 Å². The molecule has 4 aromatic rings. The van der Waals surface area contributed by atoms with Gasteiger partial charge in [0.25, 0.3) is 0 Å². The fourth-order valence-electron chi connectivity index (χ4n) is 3.29. The summed E-state index contributed by atoms with van der Waals surface area (Å²) in [4.78, 5) is 11.5. The molecule has 0 aliphatic heterocycles. The van der Waals surface area contributed by atoms with E-state index >= 15 is 0 Å². The lowest BCUT2D eigenvalue weighted by Crippen LogP contribution is -2.08. The molecule has 0 amide bonds. The molecule has 28 heavy (non-hydrogen) atoms. The van der Waals surface area contributed by atoms with E-state index in [1.165, 1.54) is 11.3 Å². The zero-order valence-corrected chi connectivity index (χ0v) is 16.5. The Kier molecular flexibility index (Phi) is 4.94. The second-order valence-corrected chi connectivity index (χ2v) is 7.15. The predicted octanol–water partition coefficient (Wildman–Crippen LogP) is 5.21. The van der Waals surface area contributed by atoms with Crippen molar-refractivity contribution in [3.8, 4) is 0 Å². The molecule has 3 aromatic carbocycles. The van der Waals surface area contributed by atoms with Crippen LogP contribution in [0.25, 0.3) is 11.0 Å². The van der Waals surface area contributed by atoms with Crippen molar-refractivity contribution in [2.45, 2.75) is 13.5 Å². The number of benzene rings is 3. The van der Waals surface area contributed by atoms with Crippen molar-refractivity contribution in [3.05, 3.63) is 89.7 Å². The third-order valence-corrected chi connectivity index (χ3v) is 4.88. The van der Waals surface area contributed by atoms with Crippen LogP contribution >= 0.6 is 0 Å². The van der Waals surface area contributed by atoms with E-state index in [2.05, 4.69) is 88.1 Å². The van der Waals surface area contributed by atoms with Crippen molar-refractivity contribution < 1.29 is 0 Å². The highest BCUT2D eigenvalue weighted by Crippen LogP contribution is 2.23. The molecule has 0 saturated carbocycles. The van der Waals surface area contributed by atoms with Gasteiger partial charge in [0.05, 0.1) is 16.7 Å². The quantitative estimate of drug-likeness (QED) is 0.453. The molecule has 0 spiro atoms. The highest BCUT2D eigenvalue weighted by molar-refractivity contribution is 5.85. The molecule has 0 N–H and O–H groups in total. The van der Waals surface area contributed by atoms with E-state index in [9.17, 15) is 0 Å². The SMILES string of the molecule is Cc1nc2cc(N=Cc3ccc(N(C)C)cc3)ccc2n1Cc1ccccc1. The number of imidazole rings is 1. The number of rotatable bonds is 5. The second kappa shape index (κ2) is 7.69. The summed E-state index contributed by atoms with van der Waals surface area (Å²) in [5.74, 6) is 1.01. The smallest absolute Gasteiger partial charge is 0.107 e. The number of aryl methyl sites for hydroxylation is 1. The van der Waals surface area contributed by atoms with E-state index in [4.69, 9.17) is 4.98 Å². The van der Waals surface area contributed by atoms with Gasteiger partial charge >= 0.3 is 0 Å². The highest BCUT2D eigenvalue weighted by Gasteiger charge is 2.08. The van der Waals surface area contributed by atoms with Crippen LogP contribution in [0.3, 0.4) is 0 Å². The maximum absolute atomic E-state index is 4.74. The maximum atomic E-state index is 4.74. The summed E-state index contributed by atoms with van der Waals surface area (Å²) in [7, 11) is 4.08. The standard InChI is InChI=1S/C24H24N4/c1-18-26-23-15-21(25-16-19-9-12-22(13-10-19)27(2)3)11-14-24(23)28(18)17-20-7-5-4-6-8-20/h4-16H,17H2,1-3H3. The van der Waals surface area contributed by atoms with Gasteiger partial charge in [-0.3, -0.25) is 4.99 Å². The Morgan fingerprint density at radius 1 is 0.964 bits per heavy atom. The number of hydrogen-bond acceptors (Lipinski definition) is 3. The van der Waals surface area contributed by atoms with E-state index in [-0.39, 0.29) is 0 Å². The summed E-state index contributed by atoms with van der Waals surface area (Å²) in [5, 5.41) is 0. The van der Waals surface area contributed by atoms with E-state index in [0.29, 0.717) is 0 Å². The van der Waals surface area contributed by atoms with Crippen LogP contribution < -0.4 is 4.90 Å². The Morgan fingerprint density at radius 3 is 2.43 bits per heavy atom. The first-order valence-corrected chi connectivity index (χ1v) is 9.42. The summed E-state index contributed by atoms with van der Waals surface area (Å²) in [6, 6.07) is 25.0. The fourth-order valence-corrected chi connectivity index (χ4v) is 3.29. The largest absolute Gasteiger partial charge is 0.378 e. The van der Waals surface area contributed by atoms with Gasteiger partial charge in [-0.2, -0.15) is 0 Å². The molecule has 0 saturated heterocycles. The van der Waals surface area contributed by atoms with E-state index in [1.54, 1.807) is 0 Å². The van der Waals surface area contributed by atoms with Crippen molar-refractivity contribution in [1.29, 1.82) is 0 Å². The summed E-state index contributed by atoms with van der Waals surface area (Å²) in [6.45, 7) is 2.88. The normalized spacial score (nSPS) is 11.4. The van der Waals surface area contributed by atoms with Crippen LogP contribution in [0.15, 0.2) is 77.8 Å². The first-order chi connectivity index (χ1) is 13.6. The zero-order chi connectivity index (χ0) is 19.5. The van der Waals surface area contributed by atoms with Gasteiger partial charge in [0.15, 0.2) is 0 Å². The molecule has 0 unspecified atom stereocenters. The van der Waals surface area contributed by atoms with Crippen LogP contribution in [-0.2, 0) is 6.54 Å². The molecule has 0 atom stereocenters. The molecule has 140 valence electrons. The number of fused-ring (bicyclic) bond motifs is 1. The molecule has 1 aromatic heterocycles. The van der Waals surface area contributed by atoms with Crippen molar-refractivity contribution in [1.82, 2.24) is 9.55 Å². The maximum Gasteiger partial charge on any atom is 0.107 e. The number of hydrogen-bond donors (Lipinski definition) is 0. The van der Waals surface area contributed by atoms with Crippen molar-refractivity contribution in [2.75, 3.05) is 19.0 Å². The van der Waals surface area contributed by atoms with Crippen LogP contribution in [0.2, 0.25) is 0 Å². The Balaban J connectivity index is 1.58.